The fourth-order valence-electron chi connectivity index (χ4n) is 1.17. The molecule has 14 heavy (non-hydrogen) atoms. The van der Waals surface area contributed by atoms with Crippen LogP contribution in [0.1, 0.15) is 19.4 Å². The van der Waals surface area contributed by atoms with Gasteiger partial charge in [0.1, 0.15) is 0 Å². The fourth-order valence-corrected chi connectivity index (χ4v) is 1.17. The minimum Gasteiger partial charge on any atom is -0.333 e. The Morgan fingerprint density at radius 1 is 1.07 bits per heavy atom. The smallest absolute Gasteiger partial charge is 0.0187 e. The van der Waals surface area contributed by atoms with Gasteiger partial charge in [-0.15, -0.1) is 0 Å². The fraction of sp³-hybridized carbons (Fsp3) is 0.231. The van der Waals surface area contributed by atoms with E-state index in [1.165, 1.54) is 18.2 Å². The van der Waals surface area contributed by atoms with E-state index in [1.807, 2.05) is 13.0 Å². The summed E-state index contributed by atoms with van der Waals surface area (Å²) in [6.07, 6.45) is 6.30. The van der Waals surface area contributed by atoms with E-state index in [4.69, 9.17) is 0 Å². The first-order chi connectivity index (χ1) is 6.88. The third kappa shape index (κ3) is 4.06. The van der Waals surface area contributed by atoms with Crippen LogP contribution in [0.5, 0.6) is 0 Å². The molecule has 0 spiro atoms. The van der Waals surface area contributed by atoms with Crippen LogP contribution in [0.25, 0.3) is 5.57 Å². The van der Waals surface area contributed by atoms with Gasteiger partial charge in [-0.2, -0.15) is 0 Å². The van der Waals surface area contributed by atoms with Crippen molar-refractivity contribution in [3.63, 3.8) is 0 Å². The quantitative estimate of drug-likeness (QED) is 0.710. The third-order valence-corrected chi connectivity index (χ3v) is 1.76. The monoisotopic (exact) mass is 189 g/mol. The molecule has 0 saturated carbocycles. The van der Waals surface area contributed by atoms with Crippen LogP contribution in [0.2, 0.25) is 0 Å². The van der Waals surface area contributed by atoms with E-state index in [0.717, 1.165) is 0 Å². The number of hydrogen-bond acceptors (Lipinski definition) is 1. The highest BCUT2D eigenvalue weighted by molar-refractivity contribution is 5.73. The number of benzene rings is 1. The summed E-state index contributed by atoms with van der Waals surface area (Å²) in [5.74, 6) is 0. The predicted octanol–water partition coefficient (Wildman–Crippen LogP) is 3.24. The number of nitrogens with two attached hydrogens (primary N) is 1. The van der Waals surface area contributed by atoms with E-state index >= 15 is 0 Å². The summed E-state index contributed by atoms with van der Waals surface area (Å²) in [6.45, 7) is 4.09. The predicted molar refractivity (Wildman–Crippen MR) is 65.0 cm³/mol. The zero-order valence-corrected chi connectivity index (χ0v) is 9.20. The van der Waals surface area contributed by atoms with Crippen LogP contribution in [0.3, 0.4) is 0 Å². The molecule has 0 unspecified atom stereocenters. The minimum absolute atomic E-state index is 1.28. The second kappa shape index (κ2) is 8.27. The van der Waals surface area contributed by atoms with Gasteiger partial charge in [0.25, 0.3) is 0 Å². The minimum atomic E-state index is 1.28. The van der Waals surface area contributed by atoms with Gasteiger partial charge in [0, 0.05) is 0 Å². The summed E-state index contributed by atoms with van der Waals surface area (Å²) < 4.78 is 0. The molecule has 0 radical (unpaired) electrons. The Morgan fingerprint density at radius 3 is 2.07 bits per heavy atom. The maximum atomic E-state index is 4.50. The Kier molecular flexibility index (Phi) is 7.48. The summed E-state index contributed by atoms with van der Waals surface area (Å²) in [7, 11) is 1.50. The Morgan fingerprint density at radius 2 is 1.64 bits per heavy atom. The topological polar surface area (TPSA) is 26.0 Å². The zero-order valence-electron chi connectivity index (χ0n) is 9.20. The largest absolute Gasteiger partial charge is 0.333 e. The molecule has 1 nitrogen and oxygen atoms in total. The molecule has 1 rings (SSSR count). The SMILES string of the molecule is C/C=C\C(=C/C)c1ccccc1.CN. The molecule has 76 valence electrons. The van der Waals surface area contributed by atoms with Gasteiger partial charge in [0.2, 0.25) is 0 Å². The van der Waals surface area contributed by atoms with Crippen LogP contribution in [0, 0.1) is 0 Å². The van der Waals surface area contributed by atoms with Crippen LogP contribution in [0.4, 0.5) is 0 Å². The molecule has 1 aromatic carbocycles. The number of rotatable bonds is 2. The molecule has 0 aliphatic heterocycles. The first-order valence-corrected chi connectivity index (χ1v) is 4.80. The van der Waals surface area contributed by atoms with Gasteiger partial charge in [0.05, 0.1) is 0 Å². The normalized spacial score (nSPS) is 11.0. The van der Waals surface area contributed by atoms with E-state index in [9.17, 15) is 0 Å². The van der Waals surface area contributed by atoms with Crippen LogP contribution in [-0.4, -0.2) is 7.05 Å². The summed E-state index contributed by atoms with van der Waals surface area (Å²) in [4.78, 5) is 0. The first kappa shape index (κ1) is 12.7. The van der Waals surface area contributed by atoms with Crippen LogP contribution >= 0.6 is 0 Å². The van der Waals surface area contributed by atoms with Crippen molar-refractivity contribution in [1.29, 1.82) is 0 Å². The average molecular weight is 189 g/mol. The lowest BCUT2D eigenvalue weighted by Crippen LogP contribution is -1.77. The molecule has 0 aliphatic rings. The van der Waals surface area contributed by atoms with Crippen molar-refractivity contribution in [2.24, 2.45) is 5.73 Å². The van der Waals surface area contributed by atoms with Gasteiger partial charge in [-0.05, 0) is 32.0 Å². The van der Waals surface area contributed by atoms with E-state index in [-0.39, 0.29) is 0 Å². The van der Waals surface area contributed by atoms with Gasteiger partial charge in [-0.25, -0.2) is 0 Å². The molecule has 0 heterocycles. The molecular weight excluding hydrogens is 170 g/mol. The first-order valence-electron chi connectivity index (χ1n) is 4.80. The second-order valence-corrected chi connectivity index (χ2v) is 2.61. The molecule has 0 aliphatic carbocycles. The lowest BCUT2D eigenvalue weighted by molar-refractivity contribution is 1.48. The molecule has 0 fully saturated rings. The maximum Gasteiger partial charge on any atom is -0.0187 e. The standard InChI is InChI=1S/C12H14.CH5N/c1-3-8-11(4-2)12-9-6-5-7-10-12;1-2/h3-10H,1-2H3;2H2,1H3/b8-3-,11-4+;. The van der Waals surface area contributed by atoms with E-state index in [0.29, 0.717) is 0 Å². The number of hydrogen-bond donors (Lipinski definition) is 1. The summed E-state index contributed by atoms with van der Waals surface area (Å²) in [5, 5.41) is 0. The van der Waals surface area contributed by atoms with Crippen molar-refractivity contribution >= 4 is 5.57 Å². The van der Waals surface area contributed by atoms with Gasteiger partial charge in [0.15, 0.2) is 0 Å². The van der Waals surface area contributed by atoms with Gasteiger partial charge >= 0.3 is 0 Å². The average Bonchev–Trinajstić information content (AvgIpc) is 2.30. The highest BCUT2D eigenvalue weighted by Crippen LogP contribution is 2.14. The summed E-state index contributed by atoms with van der Waals surface area (Å²) in [6, 6.07) is 10.4. The second-order valence-electron chi connectivity index (χ2n) is 2.61. The number of allylic oxidation sites excluding steroid dienone is 4. The van der Waals surface area contributed by atoms with Crippen molar-refractivity contribution in [2.45, 2.75) is 13.8 Å². The van der Waals surface area contributed by atoms with Crippen LogP contribution < -0.4 is 5.73 Å². The lowest BCUT2D eigenvalue weighted by atomic mass is 10.1. The van der Waals surface area contributed by atoms with E-state index in [2.05, 4.69) is 55.2 Å². The Bertz CT molecular complexity index is 283. The van der Waals surface area contributed by atoms with Crippen molar-refractivity contribution in [3.8, 4) is 0 Å². The Balaban J connectivity index is 0.000000791. The third-order valence-electron chi connectivity index (χ3n) is 1.76. The molecule has 0 bridgehead atoms. The Labute approximate surface area is 87.0 Å². The summed E-state index contributed by atoms with van der Waals surface area (Å²) in [5.41, 5.74) is 7.05. The van der Waals surface area contributed by atoms with Gasteiger partial charge in [-0.1, -0.05) is 48.6 Å². The molecule has 0 atom stereocenters. The Hall–Kier alpha value is -1.34. The molecule has 0 saturated heterocycles. The van der Waals surface area contributed by atoms with Crippen LogP contribution in [0.15, 0.2) is 48.6 Å². The molecule has 1 heteroatoms. The molecule has 1 aromatic rings. The highest BCUT2D eigenvalue weighted by atomic mass is 14.4. The zero-order chi connectivity index (χ0) is 10.8. The van der Waals surface area contributed by atoms with Crippen LogP contribution in [-0.2, 0) is 0 Å². The van der Waals surface area contributed by atoms with E-state index < -0.39 is 0 Å². The van der Waals surface area contributed by atoms with Crippen molar-refractivity contribution < 1.29 is 0 Å². The molecule has 2 N–H and O–H groups in total. The van der Waals surface area contributed by atoms with E-state index in [1.54, 1.807) is 0 Å². The summed E-state index contributed by atoms with van der Waals surface area (Å²) >= 11 is 0. The highest BCUT2D eigenvalue weighted by Gasteiger charge is 1.92. The van der Waals surface area contributed by atoms with Crippen molar-refractivity contribution in [1.82, 2.24) is 0 Å². The van der Waals surface area contributed by atoms with Gasteiger partial charge < -0.3 is 5.73 Å². The van der Waals surface area contributed by atoms with Gasteiger partial charge in [-0.3, -0.25) is 0 Å². The van der Waals surface area contributed by atoms with Crippen molar-refractivity contribution in [3.05, 3.63) is 54.1 Å². The molecular formula is C13H19N. The lowest BCUT2D eigenvalue weighted by Gasteiger charge is -1.99. The molecule has 0 amide bonds. The van der Waals surface area contributed by atoms with Crippen molar-refractivity contribution in [2.75, 3.05) is 7.05 Å². The molecule has 0 aromatic heterocycles. The maximum absolute atomic E-state index is 4.50.